The van der Waals surface area contributed by atoms with Crippen LogP contribution in [0, 0.1) is 11.3 Å². The van der Waals surface area contributed by atoms with Crippen LogP contribution in [0.15, 0.2) is 48.5 Å². The summed E-state index contributed by atoms with van der Waals surface area (Å²) >= 11 is 0. The summed E-state index contributed by atoms with van der Waals surface area (Å²) in [7, 11) is 0. The second-order valence-electron chi connectivity index (χ2n) is 4.82. The maximum Gasteiger partial charge on any atom is 0.338 e. The van der Waals surface area contributed by atoms with Crippen LogP contribution in [0.2, 0.25) is 0 Å². The van der Waals surface area contributed by atoms with Gasteiger partial charge in [0.1, 0.15) is 6.61 Å². The van der Waals surface area contributed by atoms with Crippen LogP contribution in [-0.4, -0.2) is 18.7 Å². The second kappa shape index (κ2) is 5.78. The first-order valence-corrected chi connectivity index (χ1v) is 6.64. The molecule has 0 amide bonds. The van der Waals surface area contributed by atoms with Crippen molar-refractivity contribution in [2.24, 2.45) is 0 Å². The monoisotopic (exact) mass is 279 g/mol. The molecule has 0 aliphatic carbocycles. The SMILES string of the molecule is N#Cc1ccc(-c2ccc(COC(=O)C3CO3)cc2)cc1. The summed E-state index contributed by atoms with van der Waals surface area (Å²) in [5, 5.41) is 8.78. The van der Waals surface area contributed by atoms with E-state index >= 15 is 0 Å². The van der Waals surface area contributed by atoms with E-state index in [0.29, 0.717) is 12.2 Å². The molecule has 1 saturated heterocycles. The Balaban J connectivity index is 1.65. The Morgan fingerprint density at radius 2 is 1.71 bits per heavy atom. The van der Waals surface area contributed by atoms with Crippen molar-refractivity contribution in [2.45, 2.75) is 12.7 Å². The van der Waals surface area contributed by atoms with E-state index in [-0.39, 0.29) is 18.7 Å². The first-order chi connectivity index (χ1) is 10.3. The van der Waals surface area contributed by atoms with Crippen LogP contribution in [0.5, 0.6) is 0 Å². The zero-order valence-corrected chi connectivity index (χ0v) is 11.3. The van der Waals surface area contributed by atoms with Crippen molar-refractivity contribution < 1.29 is 14.3 Å². The number of hydrogen-bond donors (Lipinski definition) is 0. The molecular formula is C17H13NO3. The van der Waals surface area contributed by atoms with Crippen molar-refractivity contribution >= 4 is 5.97 Å². The Hall–Kier alpha value is -2.64. The quantitative estimate of drug-likeness (QED) is 0.637. The van der Waals surface area contributed by atoms with Gasteiger partial charge in [-0.05, 0) is 28.8 Å². The molecule has 1 aliphatic rings. The molecule has 1 unspecified atom stereocenters. The number of benzene rings is 2. The summed E-state index contributed by atoms with van der Waals surface area (Å²) in [4.78, 5) is 11.4. The van der Waals surface area contributed by atoms with Gasteiger partial charge in [-0.2, -0.15) is 5.26 Å². The lowest BCUT2D eigenvalue weighted by atomic mass is 10.0. The van der Waals surface area contributed by atoms with Gasteiger partial charge in [-0.25, -0.2) is 4.79 Å². The Labute approximate surface area is 122 Å². The zero-order chi connectivity index (χ0) is 14.7. The van der Waals surface area contributed by atoms with Gasteiger partial charge < -0.3 is 9.47 Å². The molecule has 2 aromatic rings. The lowest BCUT2D eigenvalue weighted by Gasteiger charge is -2.05. The lowest BCUT2D eigenvalue weighted by molar-refractivity contribution is -0.146. The number of esters is 1. The third-order valence-corrected chi connectivity index (χ3v) is 3.28. The molecule has 104 valence electrons. The number of carbonyl (C=O) groups is 1. The number of nitrogens with zero attached hydrogens (tertiary/aromatic N) is 1. The summed E-state index contributed by atoms with van der Waals surface area (Å²) in [5.74, 6) is -0.300. The molecule has 4 nitrogen and oxygen atoms in total. The van der Waals surface area contributed by atoms with Gasteiger partial charge >= 0.3 is 5.97 Å². The summed E-state index contributed by atoms with van der Waals surface area (Å²) in [6, 6.07) is 17.3. The highest BCUT2D eigenvalue weighted by Crippen LogP contribution is 2.21. The number of hydrogen-bond acceptors (Lipinski definition) is 4. The van der Waals surface area contributed by atoms with Crippen LogP contribution in [-0.2, 0) is 20.9 Å². The molecule has 3 rings (SSSR count). The zero-order valence-electron chi connectivity index (χ0n) is 11.3. The predicted octanol–water partition coefficient (Wildman–Crippen LogP) is 2.67. The molecular weight excluding hydrogens is 266 g/mol. The minimum Gasteiger partial charge on any atom is -0.459 e. The van der Waals surface area contributed by atoms with Crippen molar-refractivity contribution in [3.63, 3.8) is 0 Å². The molecule has 1 heterocycles. The molecule has 21 heavy (non-hydrogen) atoms. The molecule has 0 aromatic heterocycles. The van der Waals surface area contributed by atoms with Crippen molar-refractivity contribution in [1.29, 1.82) is 5.26 Å². The van der Waals surface area contributed by atoms with Crippen LogP contribution in [0.3, 0.4) is 0 Å². The van der Waals surface area contributed by atoms with Gasteiger partial charge in [0.15, 0.2) is 6.10 Å². The lowest BCUT2D eigenvalue weighted by Crippen LogP contribution is -2.11. The topological polar surface area (TPSA) is 62.6 Å². The number of nitriles is 1. The van der Waals surface area contributed by atoms with E-state index in [0.717, 1.165) is 16.7 Å². The molecule has 0 saturated carbocycles. The molecule has 4 heteroatoms. The third-order valence-electron chi connectivity index (χ3n) is 3.28. The fraction of sp³-hybridized carbons (Fsp3) is 0.176. The number of carbonyl (C=O) groups excluding carboxylic acids is 1. The number of ether oxygens (including phenoxy) is 2. The van der Waals surface area contributed by atoms with Crippen LogP contribution in [0.4, 0.5) is 0 Å². The van der Waals surface area contributed by atoms with E-state index in [9.17, 15) is 4.79 Å². The highest BCUT2D eigenvalue weighted by atomic mass is 16.6. The maximum atomic E-state index is 11.4. The molecule has 1 aliphatic heterocycles. The molecule has 1 fully saturated rings. The molecule has 2 aromatic carbocycles. The van der Waals surface area contributed by atoms with E-state index in [4.69, 9.17) is 14.7 Å². The van der Waals surface area contributed by atoms with Crippen LogP contribution < -0.4 is 0 Å². The van der Waals surface area contributed by atoms with Gasteiger partial charge in [0.05, 0.1) is 18.2 Å². The predicted molar refractivity (Wildman–Crippen MR) is 76.1 cm³/mol. The highest BCUT2D eigenvalue weighted by molar-refractivity contribution is 5.77. The largest absolute Gasteiger partial charge is 0.459 e. The third kappa shape index (κ3) is 3.28. The van der Waals surface area contributed by atoms with Crippen molar-refractivity contribution in [3.8, 4) is 17.2 Å². The summed E-state index contributed by atoms with van der Waals surface area (Å²) in [5.41, 5.74) is 3.68. The molecule has 0 spiro atoms. The van der Waals surface area contributed by atoms with E-state index in [2.05, 4.69) is 6.07 Å². The maximum absolute atomic E-state index is 11.4. The van der Waals surface area contributed by atoms with Gasteiger partial charge in [0, 0.05) is 0 Å². The van der Waals surface area contributed by atoms with Crippen LogP contribution in [0.1, 0.15) is 11.1 Å². The molecule has 0 N–H and O–H groups in total. The standard InChI is InChI=1S/C17H13NO3/c18-9-12-1-5-14(6-2-12)15-7-3-13(4-8-15)10-21-17(19)16-11-20-16/h1-8,16H,10-11H2. The van der Waals surface area contributed by atoms with E-state index < -0.39 is 0 Å². The van der Waals surface area contributed by atoms with Gasteiger partial charge in [-0.15, -0.1) is 0 Å². The Morgan fingerprint density at radius 3 is 2.24 bits per heavy atom. The first kappa shape index (κ1) is 13.3. The fourth-order valence-electron chi connectivity index (χ4n) is 1.96. The summed E-state index contributed by atoms with van der Waals surface area (Å²) in [6.07, 6.45) is -0.358. The Morgan fingerprint density at radius 1 is 1.14 bits per heavy atom. The van der Waals surface area contributed by atoms with E-state index in [1.165, 1.54) is 0 Å². The average molecular weight is 279 g/mol. The smallest absolute Gasteiger partial charge is 0.338 e. The minimum atomic E-state index is -0.358. The average Bonchev–Trinajstić information content (AvgIpc) is 3.38. The second-order valence-corrected chi connectivity index (χ2v) is 4.82. The molecule has 0 bridgehead atoms. The van der Waals surface area contributed by atoms with Gasteiger partial charge in [0.2, 0.25) is 0 Å². The van der Waals surface area contributed by atoms with Gasteiger partial charge in [-0.1, -0.05) is 36.4 Å². The van der Waals surface area contributed by atoms with Crippen molar-refractivity contribution in [1.82, 2.24) is 0 Å². The number of rotatable bonds is 4. The summed E-state index contributed by atoms with van der Waals surface area (Å²) in [6.45, 7) is 0.725. The Bertz CT molecular complexity index is 679. The van der Waals surface area contributed by atoms with Crippen molar-refractivity contribution in [3.05, 3.63) is 59.7 Å². The van der Waals surface area contributed by atoms with Crippen LogP contribution in [0.25, 0.3) is 11.1 Å². The van der Waals surface area contributed by atoms with E-state index in [1.807, 2.05) is 36.4 Å². The van der Waals surface area contributed by atoms with Gasteiger partial charge in [0.25, 0.3) is 0 Å². The van der Waals surface area contributed by atoms with Crippen LogP contribution >= 0.6 is 0 Å². The van der Waals surface area contributed by atoms with Crippen molar-refractivity contribution in [2.75, 3.05) is 6.61 Å². The van der Waals surface area contributed by atoms with E-state index in [1.54, 1.807) is 12.1 Å². The molecule has 0 radical (unpaired) electrons. The normalized spacial score (nSPS) is 16.0. The van der Waals surface area contributed by atoms with Gasteiger partial charge in [-0.3, -0.25) is 0 Å². The summed E-state index contributed by atoms with van der Waals surface area (Å²) < 4.78 is 9.98. The number of epoxide rings is 1. The highest BCUT2D eigenvalue weighted by Gasteiger charge is 2.32. The first-order valence-electron chi connectivity index (χ1n) is 6.64. The Kier molecular flexibility index (Phi) is 3.67. The fourth-order valence-corrected chi connectivity index (χ4v) is 1.96. The minimum absolute atomic E-state index is 0.256. The molecule has 1 atom stereocenters.